The van der Waals surface area contributed by atoms with E-state index in [4.69, 9.17) is 0 Å². The summed E-state index contributed by atoms with van der Waals surface area (Å²) < 4.78 is 0. The van der Waals surface area contributed by atoms with Crippen molar-refractivity contribution in [1.29, 1.82) is 0 Å². The van der Waals surface area contributed by atoms with Gasteiger partial charge in [-0.25, -0.2) is 0 Å². The molecular formula is C16H30N2O. The van der Waals surface area contributed by atoms with Crippen LogP contribution in [0.5, 0.6) is 0 Å². The molecule has 0 aromatic rings. The average Bonchev–Trinajstić information content (AvgIpc) is 2.37. The molecule has 2 saturated heterocycles. The highest BCUT2D eigenvalue weighted by Crippen LogP contribution is 2.24. The minimum Gasteiger partial charge on any atom is -0.341 e. The van der Waals surface area contributed by atoms with Crippen molar-refractivity contribution in [2.75, 3.05) is 26.2 Å². The quantitative estimate of drug-likeness (QED) is 0.767. The summed E-state index contributed by atoms with van der Waals surface area (Å²) in [5.41, 5.74) is 0. The van der Waals surface area contributed by atoms with Gasteiger partial charge < -0.3 is 4.90 Å². The molecule has 19 heavy (non-hydrogen) atoms. The molecule has 2 fully saturated rings. The highest BCUT2D eigenvalue weighted by Gasteiger charge is 2.32. The third-order valence-electron chi connectivity index (χ3n) is 4.90. The van der Waals surface area contributed by atoms with Gasteiger partial charge in [0.2, 0.25) is 5.91 Å². The van der Waals surface area contributed by atoms with Gasteiger partial charge in [-0.3, -0.25) is 9.69 Å². The van der Waals surface area contributed by atoms with Crippen LogP contribution in [-0.2, 0) is 4.79 Å². The van der Waals surface area contributed by atoms with Gasteiger partial charge in [0.05, 0.1) is 6.04 Å². The Bertz CT molecular complexity index is 300. The highest BCUT2D eigenvalue weighted by atomic mass is 16.2. The molecule has 3 heteroatoms. The van der Waals surface area contributed by atoms with Crippen molar-refractivity contribution in [3.05, 3.63) is 0 Å². The van der Waals surface area contributed by atoms with Crippen molar-refractivity contribution >= 4 is 5.91 Å². The Morgan fingerprint density at radius 3 is 2.05 bits per heavy atom. The molecule has 0 saturated carbocycles. The molecule has 2 aliphatic heterocycles. The number of carbonyl (C=O) groups is 1. The molecule has 0 aliphatic carbocycles. The maximum Gasteiger partial charge on any atom is 0.239 e. The second-order valence-electron chi connectivity index (χ2n) is 7.08. The Labute approximate surface area is 118 Å². The molecule has 3 unspecified atom stereocenters. The van der Waals surface area contributed by atoms with Gasteiger partial charge in [0, 0.05) is 26.2 Å². The van der Waals surface area contributed by atoms with Crippen LogP contribution < -0.4 is 0 Å². The van der Waals surface area contributed by atoms with Gasteiger partial charge in [0.1, 0.15) is 0 Å². The first-order chi connectivity index (χ1) is 8.97. The average molecular weight is 266 g/mol. The summed E-state index contributed by atoms with van der Waals surface area (Å²) in [6.45, 7) is 13.1. The summed E-state index contributed by atoms with van der Waals surface area (Å²) in [7, 11) is 0. The second kappa shape index (κ2) is 6.25. The molecule has 1 amide bonds. The van der Waals surface area contributed by atoms with Crippen LogP contribution in [0.2, 0.25) is 0 Å². The van der Waals surface area contributed by atoms with Crippen LogP contribution in [0, 0.1) is 17.8 Å². The third-order valence-corrected chi connectivity index (χ3v) is 4.90. The zero-order valence-corrected chi connectivity index (χ0v) is 13.1. The molecule has 110 valence electrons. The lowest BCUT2D eigenvalue weighted by molar-refractivity contribution is -0.138. The van der Waals surface area contributed by atoms with E-state index >= 15 is 0 Å². The number of rotatable bonds is 2. The number of hydrogen-bond acceptors (Lipinski definition) is 2. The van der Waals surface area contributed by atoms with Crippen LogP contribution in [-0.4, -0.2) is 47.9 Å². The predicted molar refractivity (Wildman–Crippen MR) is 79.0 cm³/mol. The lowest BCUT2D eigenvalue weighted by atomic mass is 9.90. The Morgan fingerprint density at radius 1 is 1.00 bits per heavy atom. The van der Waals surface area contributed by atoms with Crippen LogP contribution in [0.25, 0.3) is 0 Å². The first kappa shape index (κ1) is 14.8. The van der Waals surface area contributed by atoms with E-state index in [1.807, 2.05) is 0 Å². The number of amides is 1. The second-order valence-corrected chi connectivity index (χ2v) is 7.08. The summed E-state index contributed by atoms with van der Waals surface area (Å²) in [5.74, 6) is 2.59. The lowest BCUT2D eigenvalue weighted by Gasteiger charge is -2.40. The van der Waals surface area contributed by atoms with Crippen molar-refractivity contribution < 1.29 is 4.79 Å². The van der Waals surface area contributed by atoms with Gasteiger partial charge in [-0.15, -0.1) is 0 Å². The summed E-state index contributed by atoms with van der Waals surface area (Å²) in [6, 6.07) is 0.0682. The third kappa shape index (κ3) is 3.71. The number of likely N-dealkylation sites (tertiary alicyclic amines) is 2. The van der Waals surface area contributed by atoms with E-state index in [-0.39, 0.29) is 6.04 Å². The van der Waals surface area contributed by atoms with E-state index in [2.05, 4.69) is 37.5 Å². The van der Waals surface area contributed by atoms with E-state index in [0.717, 1.165) is 43.9 Å². The molecule has 3 atom stereocenters. The van der Waals surface area contributed by atoms with E-state index in [0.29, 0.717) is 5.91 Å². The number of hydrogen-bond donors (Lipinski definition) is 0. The Morgan fingerprint density at radius 2 is 1.53 bits per heavy atom. The normalized spacial score (nSPS) is 32.3. The highest BCUT2D eigenvalue weighted by molar-refractivity contribution is 5.81. The largest absolute Gasteiger partial charge is 0.341 e. The van der Waals surface area contributed by atoms with Crippen LogP contribution in [0.3, 0.4) is 0 Å². The molecule has 0 aromatic heterocycles. The molecule has 2 aliphatic rings. The maximum absolute atomic E-state index is 12.6. The van der Waals surface area contributed by atoms with Gasteiger partial charge >= 0.3 is 0 Å². The van der Waals surface area contributed by atoms with E-state index in [9.17, 15) is 4.79 Å². The van der Waals surface area contributed by atoms with Crippen LogP contribution in [0.15, 0.2) is 0 Å². The zero-order chi connectivity index (χ0) is 14.0. The maximum atomic E-state index is 12.6. The molecule has 0 N–H and O–H groups in total. The standard InChI is InChI=1S/C16H30N2O/c1-12-5-7-17(8-6-12)16(19)15(4)18-10-13(2)9-14(3)11-18/h12-15H,5-11H2,1-4H3. The molecular weight excluding hydrogens is 236 g/mol. The molecule has 0 bridgehead atoms. The minimum absolute atomic E-state index is 0.0682. The zero-order valence-electron chi connectivity index (χ0n) is 13.1. The monoisotopic (exact) mass is 266 g/mol. The number of nitrogens with zero attached hydrogens (tertiary/aromatic N) is 2. The smallest absolute Gasteiger partial charge is 0.239 e. The summed E-state index contributed by atoms with van der Waals surface area (Å²) in [4.78, 5) is 17.1. The number of carbonyl (C=O) groups excluding carboxylic acids is 1. The van der Waals surface area contributed by atoms with Gasteiger partial charge in [-0.1, -0.05) is 20.8 Å². The lowest BCUT2D eigenvalue weighted by Crippen LogP contribution is -2.53. The SMILES string of the molecule is CC1CCN(C(=O)C(C)N2CC(C)CC(C)C2)CC1. The summed E-state index contributed by atoms with van der Waals surface area (Å²) >= 11 is 0. The topological polar surface area (TPSA) is 23.6 Å². The van der Waals surface area contributed by atoms with Crippen molar-refractivity contribution in [2.24, 2.45) is 17.8 Å². The first-order valence-corrected chi connectivity index (χ1v) is 8.00. The van der Waals surface area contributed by atoms with Crippen LogP contribution in [0.4, 0.5) is 0 Å². The fraction of sp³-hybridized carbons (Fsp3) is 0.938. The van der Waals surface area contributed by atoms with Gasteiger partial charge in [0.15, 0.2) is 0 Å². The molecule has 0 radical (unpaired) electrons. The predicted octanol–water partition coefficient (Wildman–Crippen LogP) is 2.61. The van der Waals surface area contributed by atoms with Crippen LogP contribution in [0.1, 0.15) is 47.0 Å². The number of piperidine rings is 2. The molecule has 2 rings (SSSR count). The molecule has 0 aromatic carbocycles. The van der Waals surface area contributed by atoms with Crippen molar-refractivity contribution in [1.82, 2.24) is 9.80 Å². The van der Waals surface area contributed by atoms with E-state index in [1.165, 1.54) is 19.3 Å². The van der Waals surface area contributed by atoms with Crippen molar-refractivity contribution in [2.45, 2.75) is 53.0 Å². The van der Waals surface area contributed by atoms with Crippen molar-refractivity contribution in [3.8, 4) is 0 Å². The first-order valence-electron chi connectivity index (χ1n) is 8.00. The van der Waals surface area contributed by atoms with E-state index in [1.54, 1.807) is 0 Å². The Balaban J connectivity index is 1.91. The van der Waals surface area contributed by atoms with E-state index < -0.39 is 0 Å². The van der Waals surface area contributed by atoms with Crippen molar-refractivity contribution in [3.63, 3.8) is 0 Å². The van der Waals surface area contributed by atoms with Gasteiger partial charge in [-0.05, 0) is 43.9 Å². The molecule has 2 heterocycles. The van der Waals surface area contributed by atoms with Crippen LogP contribution >= 0.6 is 0 Å². The minimum atomic E-state index is 0.0682. The fourth-order valence-electron chi connectivity index (χ4n) is 3.68. The molecule has 3 nitrogen and oxygen atoms in total. The fourth-order valence-corrected chi connectivity index (χ4v) is 3.68. The van der Waals surface area contributed by atoms with Gasteiger partial charge in [-0.2, -0.15) is 0 Å². The molecule has 0 spiro atoms. The Hall–Kier alpha value is -0.570. The Kier molecular flexibility index (Phi) is 4.88. The summed E-state index contributed by atoms with van der Waals surface area (Å²) in [6.07, 6.45) is 3.65. The summed E-state index contributed by atoms with van der Waals surface area (Å²) in [5, 5.41) is 0. The van der Waals surface area contributed by atoms with Gasteiger partial charge in [0.25, 0.3) is 0 Å².